The van der Waals surface area contributed by atoms with Crippen molar-refractivity contribution in [3.8, 4) is 11.5 Å². The first-order chi connectivity index (χ1) is 18.9. The molecule has 0 saturated heterocycles. The number of carbonyl (C=O) groups excluding carboxylic acids is 1. The van der Waals surface area contributed by atoms with Crippen molar-refractivity contribution in [2.75, 3.05) is 33.9 Å². The SMILES string of the molecule is C=CCN(CC(=O)N(CCc1ccc(OC)c(OC)c1)Cc1ccc(C)s1)S(=O)(=O)c1cccc(C(F)(F)F)c1. The maximum atomic E-state index is 13.6. The second-order valence-electron chi connectivity index (χ2n) is 8.88. The molecule has 0 bridgehead atoms. The minimum atomic E-state index is -4.72. The van der Waals surface area contributed by atoms with Gasteiger partial charge in [-0.3, -0.25) is 4.79 Å². The number of benzene rings is 2. The molecule has 1 aromatic heterocycles. The lowest BCUT2D eigenvalue weighted by atomic mass is 10.1. The van der Waals surface area contributed by atoms with E-state index in [4.69, 9.17) is 9.47 Å². The smallest absolute Gasteiger partial charge is 0.416 e. The number of halogens is 3. The number of nitrogens with zero attached hydrogens (tertiary/aromatic N) is 2. The number of rotatable bonds is 13. The van der Waals surface area contributed by atoms with Crippen molar-refractivity contribution in [3.05, 3.63) is 88.1 Å². The fraction of sp³-hybridized carbons (Fsp3) is 0.321. The van der Waals surface area contributed by atoms with Gasteiger partial charge in [-0.1, -0.05) is 18.2 Å². The fourth-order valence-corrected chi connectivity index (χ4v) is 6.29. The van der Waals surface area contributed by atoms with Crippen molar-refractivity contribution >= 4 is 27.3 Å². The Labute approximate surface area is 236 Å². The normalized spacial score (nSPS) is 11.9. The van der Waals surface area contributed by atoms with Crippen molar-refractivity contribution in [1.82, 2.24) is 9.21 Å². The highest BCUT2D eigenvalue weighted by molar-refractivity contribution is 7.89. The molecule has 0 N–H and O–H groups in total. The molecule has 0 saturated carbocycles. The predicted molar refractivity (Wildman–Crippen MR) is 148 cm³/mol. The van der Waals surface area contributed by atoms with Crippen LogP contribution in [0, 0.1) is 6.92 Å². The molecule has 1 amide bonds. The van der Waals surface area contributed by atoms with Crippen LogP contribution >= 0.6 is 11.3 Å². The average molecular weight is 597 g/mol. The van der Waals surface area contributed by atoms with E-state index in [2.05, 4.69) is 6.58 Å². The van der Waals surface area contributed by atoms with Gasteiger partial charge in [0.05, 0.1) is 37.8 Å². The molecule has 0 fully saturated rings. The molecule has 40 heavy (non-hydrogen) atoms. The summed E-state index contributed by atoms with van der Waals surface area (Å²) in [4.78, 5) is 16.5. The van der Waals surface area contributed by atoms with Crippen molar-refractivity contribution < 1.29 is 35.9 Å². The fourth-order valence-electron chi connectivity index (χ4n) is 3.97. The van der Waals surface area contributed by atoms with Gasteiger partial charge in [0, 0.05) is 22.8 Å². The molecule has 0 radical (unpaired) electrons. The summed E-state index contributed by atoms with van der Waals surface area (Å²) in [6, 6.07) is 12.7. The molecule has 0 atom stereocenters. The summed E-state index contributed by atoms with van der Waals surface area (Å²) in [5.74, 6) is 0.605. The van der Waals surface area contributed by atoms with Crippen LogP contribution in [0.15, 0.2) is 72.1 Å². The third-order valence-electron chi connectivity index (χ3n) is 6.06. The zero-order valence-electron chi connectivity index (χ0n) is 22.4. The van der Waals surface area contributed by atoms with E-state index in [0.29, 0.717) is 24.0 Å². The average Bonchev–Trinajstić information content (AvgIpc) is 3.34. The molecular weight excluding hydrogens is 565 g/mol. The van der Waals surface area contributed by atoms with Crippen LogP contribution in [0.4, 0.5) is 13.2 Å². The van der Waals surface area contributed by atoms with Gasteiger partial charge in [-0.15, -0.1) is 17.9 Å². The summed E-state index contributed by atoms with van der Waals surface area (Å²) < 4.78 is 77.9. The molecule has 0 aliphatic carbocycles. The lowest BCUT2D eigenvalue weighted by Crippen LogP contribution is -2.43. The first-order valence-corrected chi connectivity index (χ1v) is 14.5. The quantitative estimate of drug-likeness (QED) is 0.242. The minimum absolute atomic E-state index is 0.246. The summed E-state index contributed by atoms with van der Waals surface area (Å²) in [5.41, 5.74) is -0.222. The van der Waals surface area contributed by atoms with Gasteiger partial charge in [-0.2, -0.15) is 17.5 Å². The Morgan fingerprint density at radius 2 is 1.77 bits per heavy atom. The zero-order valence-corrected chi connectivity index (χ0v) is 24.0. The van der Waals surface area contributed by atoms with Gasteiger partial charge >= 0.3 is 6.18 Å². The Kier molecular flexibility index (Phi) is 10.4. The van der Waals surface area contributed by atoms with Crippen molar-refractivity contribution in [2.45, 2.75) is 31.0 Å². The summed E-state index contributed by atoms with van der Waals surface area (Å²) in [7, 11) is -1.39. The van der Waals surface area contributed by atoms with Gasteiger partial charge < -0.3 is 14.4 Å². The maximum Gasteiger partial charge on any atom is 0.416 e. The molecule has 7 nitrogen and oxygen atoms in total. The van der Waals surface area contributed by atoms with Crippen molar-refractivity contribution in [2.24, 2.45) is 0 Å². The lowest BCUT2D eigenvalue weighted by Gasteiger charge is -2.27. The van der Waals surface area contributed by atoms with Crippen LogP contribution in [-0.2, 0) is 34.0 Å². The molecule has 1 heterocycles. The first kappa shape index (κ1) is 31.2. The van der Waals surface area contributed by atoms with Gasteiger partial charge in [0.15, 0.2) is 11.5 Å². The van der Waals surface area contributed by atoms with Crippen molar-refractivity contribution in [1.29, 1.82) is 0 Å². The van der Waals surface area contributed by atoms with Crippen LogP contribution in [-0.4, -0.2) is 57.4 Å². The topological polar surface area (TPSA) is 76.2 Å². The number of thiophene rings is 1. The Morgan fingerprint density at radius 1 is 1.05 bits per heavy atom. The number of alkyl halides is 3. The molecule has 0 aliphatic rings. The molecule has 3 rings (SSSR count). The third kappa shape index (κ3) is 7.86. The van der Waals surface area contributed by atoms with Crippen LogP contribution < -0.4 is 9.47 Å². The number of methoxy groups -OCH3 is 2. The van der Waals surface area contributed by atoms with Gasteiger partial charge in [-0.25, -0.2) is 8.42 Å². The number of hydrogen-bond donors (Lipinski definition) is 0. The van der Waals surface area contributed by atoms with Gasteiger partial charge in [0.1, 0.15) is 0 Å². The summed E-state index contributed by atoms with van der Waals surface area (Å²) in [6.45, 7) is 5.18. The molecule has 0 unspecified atom stereocenters. The Bertz CT molecular complexity index is 1440. The standard InChI is InChI=1S/C28H31F3N2O5S2/c1-5-14-33(40(35,36)24-8-6-7-22(17-24)28(29,30)31)19-27(34)32(18-23-11-9-20(2)39-23)15-13-21-10-12-25(37-3)26(16-21)38-4/h5-12,16-17H,1,13-15,18-19H2,2-4H3. The number of carbonyl (C=O) groups is 1. The van der Waals surface area contributed by atoms with Gasteiger partial charge in [-0.05, 0) is 61.4 Å². The highest BCUT2D eigenvalue weighted by Crippen LogP contribution is 2.31. The Hall–Kier alpha value is -3.35. The van der Waals surface area contributed by atoms with E-state index in [9.17, 15) is 26.4 Å². The van der Waals surface area contributed by atoms with E-state index in [0.717, 1.165) is 37.8 Å². The third-order valence-corrected chi connectivity index (χ3v) is 8.85. The largest absolute Gasteiger partial charge is 0.493 e. The number of ether oxygens (including phenoxy) is 2. The van der Waals surface area contributed by atoms with Crippen LogP contribution in [0.3, 0.4) is 0 Å². The van der Waals surface area contributed by atoms with E-state index in [1.54, 1.807) is 17.0 Å². The van der Waals surface area contributed by atoms with E-state index in [1.165, 1.54) is 31.6 Å². The van der Waals surface area contributed by atoms with Crippen LogP contribution in [0.2, 0.25) is 0 Å². The maximum absolute atomic E-state index is 13.6. The highest BCUT2D eigenvalue weighted by atomic mass is 32.2. The van der Waals surface area contributed by atoms with Crippen molar-refractivity contribution in [3.63, 3.8) is 0 Å². The van der Waals surface area contributed by atoms with E-state index < -0.39 is 39.1 Å². The second-order valence-corrected chi connectivity index (χ2v) is 12.2. The van der Waals surface area contributed by atoms with Gasteiger partial charge in [0.2, 0.25) is 15.9 Å². The van der Waals surface area contributed by atoms with Gasteiger partial charge in [0.25, 0.3) is 0 Å². The first-order valence-electron chi connectivity index (χ1n) is 12.2. The molecular formula is C28H31F3N2O5S2. The molecule has 0 spiro atoms. The number of aryl methyl sites for hydroxylation is 1. The molecule has 3 aromatic rings. The predicted octanol–water partition coefficient (Wildman–Crippen LogP) is 5.54. The number of sulfonamides is 1. The molecule has 12 heteroatoms. The van der Waals surface area contributed by atoms with Crippen LogP contribution in [0.5, 0.6) is 11.5 Å². The molecule has 0 aliphatic heterocycles. The summed E-state index contributed by atoms with van der Waals surface area (Å²) in [6.07, 6.45) is -2.99. The van der Waals surface area contributed by atoms with E-state index in [1.807, 2.05) is 25.1 Å². The second kappa shape index (κ2) is 13.3. The Morgan fingerprint density at radius 3 is 2.38 bits per heavy atom. The molecule has 2 aromatic carbocycles. The number of amides is 1. The van der Waals surface area contributed by atoms with E-state index >= 15 is 0 Å². The van der Waals surface area contributed by atoms with Crippen LogP contribution in [0.25, 0.3) is 0 Å². The summed E-state index contributed by atoms with van der Waals surface area (Å²) in [5, 5.41) is 0. The summed E-state index contributed by atoms with van der Waals surface area (Å²) >= 11 is 1.52. The highest BCUT2D eigenvalue weighted by Gasteiger charge is 2.33. The monoisotopic (exact) mass is 596 g/mol. The zero-order chi connectivity index (χ0) is 29.5. The van der Waals surface area contributed by atoms with E-state index in [-0.39, 0.29) is 19.6 Å². The lowest BCUT2D eigenvalue weighted by molar-refractivity contribution is -0.137. The molecule has 216 valence electrons. The Balaban J connectivity index is 1.87. The van der Waals surface area contributed by atoms with Crippen LogP contribution in [0.1, 0.15) is 20.9 Å². The number of hydrogen-bond acceptors (Lipinski definition) is 6. The minimum Gasteiger partial charge on any atom is -0.493 e.